The van der Waals surface area contributed by atoms with Gasteiger partial charge in [-0.15, -0.1) is 63.5 Å². The number of benzene rings is 4. The van der Waals surface area contributed by atoms with Crippen molar-refractivity contribution in [3.05, 3.63) is 132 Å². The second-order valence-corrected chi connectivity index (χ2v) is 18.2. The van der Waals surface area contributed by atoms with E-state index in [0.29, 0.717) is 5.92 Å². The topological polar surface area (TPSA) is 0 Å². The third-order valence-electron chi connectivity index (χ3n) is 8.77. The predicted octanol–water partition coefficient (Wildman–Crippen LogP) is 14.8. The van der Waals surface area contributed by atoms with Crippen LogP contribution < -0.4 is 0 Å². The Labute approximate surface area is 312 Å². The number of fused-ring (bicyclic) bond motifs is 2. The molecule has 6 aromatic carbocycles. The first-order valence-electron chi connectivity index (χ1n) is 17.2. The van der Waals surface area contributed by atoms with Gasteiger partial charge in [-0.05, 0) is 46.4 Å². The average molecular weight is 771 g/mol. The molecule has 2 radical (unpaired) electrons. The molecule has 0 N–H and O–H groups in total. The molecule has 0 nitrogen and oxygen atoms in total. The Morgan fingerprint density at radius 2 is 1.29 bits per heavy atom. The van der Waals surface area contributed by atoms with Crippen LogP contribution in [0.25, 0.3) is 43.8 Å². The monoisotopic (exact) mass is 768 g/mol. The van der Waals surface area contributed by atoms with Crippen molar-refractivity contribution in [1.29, 1.82) is 0 Å². The molecule has 0 bridgehead atoms. The molecular weight excluding hydrogens is 719 g/mol. The van der Waals surface area contributed by atoms with Crippen LogP contribution in [-0.2, 0) is 32.7 Å². The number of unbranched alkanes of at least 4 members (excludes halogenated alkanes) is 1. The minimum absolute atomic E-state index is 0.213. The van der Waals surface area contributed by atoms with Gasteiger partial charge in [0.1, 0.15) is 0 Å². The van der Waals surface area contributed by atoms with Crippen LogP contribution in [0.1, 0.15) is 83.4 Å². The minimum atomic E-state index is -0.826. The summed E-state index contributed by atoms with van der Waals surface area (Å²) in [5.41, 5.74) is 9.82. The van der Waals surface area contributed by atoms with Gasteiger partial charge in [0.2, 0.25) is 0 Å². The van der Waals surface area contributed by atoms with Gasteiger partial charge in [-0.25, -0.2) is 0 Å². The van der Waals surface area contributed by atoms with E-state index in [1.807, 2.05) is 0 Å². The standard InChI is InChI=1S/C23H27.C19H19.C2H6Si.2ClH.Zr/c1-4-6-8-18-15-21-9-7-10-22(23(21)16-18)20-13-11-19(12-14-20)17(3)5-2;1-19(2,3)16-12-10-15(11-13-16)18-9-5-7-14-6-4-8-17(14)18;1-3-2;;;/h7,9-17H,4-6,8H2,1-3H3;4-13H,1-3H3;1-2H3;2*1H;/q2*-1;;;;+4/p-2. The Balaban J connectivity index is 0.000000227. The van der Waals surface area contributed by atoms with E-state index in [-0.39, 0.29) is 5.41 Å². The summed E-state index contributed by atoms with van der Waals surface area (Å²) in [5, 5.41) is 5.43. The van der Waals surface area contributed by atoms with E-state index < -0.39 is 20.8 Å². The molecule has 6 rings (SSSR count). The third kappa shape index (κ3) is 11.4. The van der Waals surface area contributed by atoms with Gasteiger partial charge in [0.05, 0.1) is 0 Å². The molecule has 48 heavy (non-hydrogen) atoms. The second kappa shape index (κ2) is 20.5. The van der Waals surface area contributed by atoms with Crippen LogP contribution in [0.2, 0.25) is 13.1 Å². The maximum atomic E-state index is 4.93. The van der Waals surface area contributed by atoms with E-state index in [1.54, 1.807) is 0 Å². The van der Waals surface area contributed by atoms with E-state index in [0.717, 1.165) is 9.52 Å². The number of hydrogen-bond donors (Lipinski definition) is 0. The molecule has 0 aliphatic rings. The van der Waals surface area contributed by atoms with Gasteiger partial charge in [-0.1, -0.05) is 139 Å². The molecule has 0 aliphatic carbocycles. The molecule has 0 spiro atoms. The van der Waals surface area contributed by atoms with Crippen molar-refractivity contribution in [1.82, 2.24) is 0 Å². The number of rotatable bonds is 7. The molecule has 0 saturated heterocycles. The third-order valence-corrected chi connectivity index (χ3v) is 8.77. The van der Waals surface area contributed by atoms with E-state index >= 15 is 0 Å². The summed E-state index contributed by atoms with van der Waals surface area (Å²) < 4.78 is 0. The van der Waals surface area contributed by atoms with Crippen LogP contribution >= 0.6 is 17.0 Å². The van der Waals surface area contributed by atoms with Crippen LogP contribution in [-0.4, -0.2) is 9.52 Å². The Morgan fingerprint density at radius 1 is 0.750 bits per heavy atom. The molecule has 0 fully saturated rings. The van der Waals surface area contributed by atoms with E-state index in [2.05, 4.69) is 170 Å². The normalized spacial score (nSPS) is 11.4. The summed E-state index contributed by atoms with van der Waals surface area (Å²) >= 11 is -0.826. The molecule has 250 valence electrons. The zero-order valence-corrected chi connectivity index (χ0v) is 35.1. The average Bonchev–Trinajstić information content (AvgIpc) is 3.75. The van der Waals surface area contributed by atoms with E-state index in [9.17, 15) is 0 Å². The van der Waals surface area contributed by atoms with E-state index in [4.69, 9.17) is 17.0 Å². The molecule has 0 aromatic heterocycles. The number of hydrogen-bond acceptors (Lipinski definition) is 0. The van der Waals surface area contributed by atoms with Gasteiger partial charge in [0.15, 0.2) is 0 Å². The van der Waals surface area contributed by atoms with Gasteiger partial charge in [-0.2, -0.15) is 18.2 Å². The fourth-order valence-corrected chi connectivity index (χ4v) is 5.86. The van der Waals surface area contributed by atoms with Crippen LogP contribution in [0.15, 0.2) is 115 Å². The Morgan fingerprint density at radius 3 is 1.83 bits per heavy atom. The Bertz CT molecular complexity index is 1770. The Kier molecular flexibility index (Phi) is 17.1. The number of halogens is 2. The summed E-state index contributed by atoms with van der Waals surface area (Å²) in [4.78, 5) is 0. The zero-order chi connectivity index (χ0) is 35.1. The van der Waals surface area contributed by atoms with Gasteiger partial charge in [0, 0.05) is 9.52 Å². The fraction of sp³-hybridized carbons (Fsp3) is 0.318. The van der Waals surface area contributed by atoms with Gasteiger partial charge >= 0.3 is 37.9 Å². The maximum absolute atomic E-state index is 4.93. The first kappa shape index (κ1) is 40.2. The molecular formula is C44H52Cl2SiZr. The summed E-state index contributed by atoms with van der Waals surface area (Å²) in [6.45, 7) is 17.9. The Hall–Kier alpha value is -2.22. The van der Waals surface area contributed by atoms with Gasteiger partial charge in [-0.3, -0.25) is 0 Å². The van der Waals surface area contributed by atoms with Crippen molar-refractivity contribution in [2.24, 2.45) is 0 Å². The summed E-state index contributed by atoms with van der Waals surface area (Å²) in [7, 11) is 11.0. The summed E-state index contributed by atoms with van der Waals surface area (Å²) in [6.07, 6.45) is 4.91. The van der Waals surface area contributed by atoms with Gasteiger partial charge in [0.25, 0.3) is 0 Å². The van der Waals surface area contributed by atoms with Crippen LogP contribution in [0.4, 0.5) is 0 Å². The van der Waals surface area contributed by atoms with Crippen LogP contribution in [0, 0.1) is 0 Å². The molecule has 0 aliphatic heterocycles. The first-order valence-corrected chi connectivity index (χ1v) is 25.5. The molecule has 4 heteroatoms. The summed E-state index contributed by atoms with van der Waals surface area (Å²) in [5.74, 6) is 0.638. The van der Waals surface area contributed by atoms with Crippen molar-refractivity contribution in [3.8, 4) is 22.3 Å². The fourth-order valence-electron chi connectivity index (χ4n) is 5.86. The van der Waals surface area contributed by atoms with Crippen molar-refractivity contribution in [2.45, 2.75) is 91.7 Å². The van der Waals surface area contributed by atoms with Crippen molar-refractivity contribution in [3.63, 3.8) is 0 Å². The SMILES string of the molecule is CC(C)(C)c1ccc(-c2cccc3[cH-]ccc23)cc1.CCCCc1cc2c(-c3ccc(C(C)CC)cc3)cccc2[cH-]1.C[Si]C.[Cl][Zr+2][Cl]. The second-order valence-electron chi connectivity index (χ2n) is 13.4. The van der Waals surface area contributed by atoms with Crippen LogP contribution in [0.5, 0.6) is 0 Å². The molecule has 0 heterocycles. The van der Waals surface area contributed by atoms with Crippen molar-refractivity contribution < 1.29 is 20.8 Å². The molecule has 6 aromatic rings. The molecule has 0 saturated carbocycles. The zero-order valence-electron chi connectivity index (χ0n) is 30.1. The summed E-state index contributed by atoms with van der Waals surface area (Å²) in [6, 6.07) is 42.6. The molecule has 1 atom stereocenters. The molecule has 0 amide bonds. The van der Waals surface area contributed by atoms with Crippen molar-refractivity contribution in [2.75, 3.05) is 0 Å². The van der Waals surface area contributed by atoms with E-state index in [1.165, 1.54) is 86.2 Å². The first-order chi connectivity index (χ1) is 23.1. The van der Waals surface area contributed by atoms with Crippen molar-refractivity contribution >= 4 is 48.1 Å². The number of aryl methyl sites for hydroxylation is 1. The predicted molar refractivity (Wildman–Crippen MR) is 215 cm³/mol. The molecule has 1 unspecified atom stereocenters. The van der Waals surface area contributed by atoms with Crippen LogP contribution in [0.3, 0.4) is 0 Å². The quantitative estimate of drug-likeness (QED) is 0.112. The van der Waals surface area contributed by atoms with Gasteiger partial charge < -0.3 is 0 Å².